The fraction of sp³-hybridized carbons (Fsp3) is 0.533. The first-order chi connectivity index (χ1) is 9.63. The molecule has 2 aliphatic rings. The van der Waals surface area contributed by atoms with E-state index in [9.17, 15) is 4.79 Å². The van der Waals surface area contributed by atoms with Crippen molar-refractivity contribution in [2.75, 3.05) is 13.1 Å². The van der Waals surface area contributed by atoms with Crippen LogP contribution >= 0.6 is 27.5 Å². The topological polar surface area (TPSA) is 32.3 Å². The minimum atomic E-state index is -0.00719. The molecule has 1 saturated carbocycles. The normalized spacial score (nSPS) is 20.9. The molecule has 0 atom stereocenters. The number of rotatable bonds is 3. The highest BCUT2D eigenvalue weighted by molar-refractivity contribution is 9.10. The molecule has 0 spiro atoms. The van der Waals surface area contributed by atoms with Crippen LogP contribution in [0.4, 0.5) is 0 Å². The summed E-state index contributed by atoms with van der Waals surface area (Å²) < 4.78 is 0.760. The molecule has 0 radical (unpaired) electrons. The third-order valence-electron chi connectivity index (χ3n) is 4.11. The van der Waals surface area contributed by atoms with Gasteiger partial charge in [0.25, 0.3) is 5.91 Å². The summed E-state index contributed by atoms with van der Waals surface area (Å²) in [7, 11) is 0. The molecule has 1 aromatic rings. The van der Waals surface area contributed by atoms with E-state index >= 15 is 0 Å². The number of piperidine rings is 1. The summed E-state index contributed by atoms with van der Waals surface area (Å²) in [5, 5.41) is 3.76. The Labute approximate surface area is 132 Å². The summed E-state index contributed by atoms with van der Waals surface area (Å²) in [4.78, 5) is 14.8. The molecule has 0 aromatic heterocycles. The number of carbonyl (C=O) groups excluding carboxylic acids is 1. The van der Waals surface area contributed by atoms with Gasteiger partial charge in [0.15, 0.2) is 0 Å². The molecule has 0 unspecified atom stereocenters. The van der Waals surface area contributed by atoms with Crippen LogP contribution in [0.1, 0.15) is 36.0 Å². The van der Waals surface area contributed by atoms with Crippen molar-refractivity contribution in [3.63, 3.8) is 0 Å². The average molecular weight is 358 g/mol. The summed E-state index contributed by atoms with van der Waals surface area (Å²) in [6, 6.07) is 6.42. The second-order valence-corrected chi connectivity index (χ2v) is 6.91. The number of likely N-dealkylation sites (tertiary alicyclic amines) is 1. The van der Waals surface area contributed by atoms with E-state index in [0.717, 1.165) is 36.4 Å². The Bertz CT molecular complexity index is 511. The number of hydrogen-bond donors (Lipinski definition) is 1. The van der Waals surface area contributed by atoms with Crippen LogP contribution in [0.3, 0.4) is 0 Å². The highest BCUT2D eigenvalue weighted by Crippen LogP contribution is 2.29. The second-order valence-electron chi connectivity index (χ2n) is 5.64. The highest BCUT2D eigenvalue weighted by Gasteiger charge is 2.32. The maximum Gasteiger partial charge on any atom is 0.251 e. The smallest absolute Gasteiger partial charge is 0.251 e. The van der Waals surface area contributed by atoms with Gasteiger partial charge in [-0.25, -0.2) is 0 Å². The number of carbonyl (C=O) groups is 1. The Morgan fingerprint density at radius 1 is 1.25 bits per heavy atom. The van der Waals surface area contributed by atoms with Crippen LogP contribution in [0.2, 0.25) is 5.02 Å². The molecule has 2 fully saturated rings. The fourth-order valence-electron chi connectivity index (χ4n) is 2.75. The fourth-order valence-corrected chi connectivity index (χ4v) is 3.25. The Balaban J connectivity index is 1.54. The molecule has 1 aliphatic carbocycles. The zero-order chi connectivity index (χ0) is 14.1. The van der Waals surface area contributed by atoms with Gasteiger partial charge in [0.1, 0.15) is 0 Å². The lowest BCUT2D eigenvalue weighted by atomic mass is 10.0. The van der Waals surface area contributed by atoms with Crippen LogP contribution in [0, 0.1) is 0 Å². The molecule has 1 aliphatic heterocycles. The van der Waals surface area contributed by atoms with Crippen molar-refractivity contribution in [1.29, 1.82) is 0 Å². The van der Waals surface area contributed by atoms with Gasteiger partial charge in [-0.1, -0.05) is 11.6 Å². The largest absolute Gasteiger partial charge is 0.349 e. The van der Waals surface area contributed by atoms with Crippen LogP contribution in [0.15, 0.2) is 22.7 Å². The van der Waals surface area contributed by atoms with E-state index in [4.69, 9.17) is 11.6 Å². The van der Waals surface area contributed by atoms with E-state index in [1.54, 1.807) is 18.2 Å². The molecule has 5 heteroatoms. The van der Waals surface area contributed by atoms with E-state index < -0.39 is 0 Å². The Morgan fingerprint density at radius 2 is 1.95 bits per heavy atom. The summed E-state index contributed by atoms with van der Waals surface area (Å²) in [5.41, 5.74) is 0.658. The van der Waals surface area contributed by atoms with Crippen molar-refractivity contribution in [2.45, 2.75) is 37.8 Å². The van der Waals surface area contributed by atoms with Crippen LogP contribution in [0.25, 0.3) is 0 Å². The monoisotopic (exact) mass is 356 g/mol. The van der Waals surface area contributed by atoms with Crippen molar-refractivity contribution >= 4 is 33.4 Å². The molecule has 1 amide bonds. The van der Waals surface area contributed by atoms with Gasteiger partial charge in [-0.05, 0) is 59.8 Å². The number of hydrogen-bond acceptors (Lipinski definition) is 2. The molecular weight excluding hydrogens is 340 g/mol. The van der Waals surface area contributed by atoms with Gasteiger partial charge in [-0.2, -0.15) is 0 Å². The van der Waals surface area contributed by atoms with Gasteiger partial charge in [-0.15, -0.1) is 0 Å². The average Bonchev–Trinajstić information content (AvgIpc) is 3.27. The second kappa shape index (κ2) is 6.04. The zero-order valence-corrected chi connectivity index (χ0v) is 13.6. The molecule has 108 valence electrons. The quantitative estimate of drug-likeness (QED) is 0.898. The van der Waals surface area contributed by atoms with Gasteiger partial charge in [0.05, 0.1) is 5.02 Å². The highest BCUT2D eigenvalue weighted by atomic mass is 79.9. The molecule has 20 heavy (non-hydrogen) atoms. The van der Waals surface area contributed by atoms with E-state index in [0.29, 0.717) is 16.6 Å². The number of nitrogens with zero attached hydrogens (tertiary/aromatic N) is 1. The first-order valence-electron chi connectivity index (χ1n) is 7.13. The van der Waals surface area contributed by atoms with Crippen LogP contribution in [0.5, 0.6) is 0 Å². The Morgan fingerprint density at radius 3 is 2.55 bits per heavy atom. The third kappa shape index (κ3) is 3.35. The summed E-state index contributed by atoms with van der Waals surface area (Å²) in [5.74, 6) is -0.00719. The Hall–Kier alpha value is -0.580. The number of amides is 1. The molecule has 1 heterocycles. The van der Waals surface area contributed by atoms with Crippen molar-refractivity contribution in [1.82, 2.24) is 10.2 Å². The maximum atomic E-state index is 12.2. The van der Waals surface area contributed by atoms with Crippen LogP contribution < -0.4 is 5.32 Å². The first-order valence-corrected chi connectivity index (χ1v) is 8.30. The lowest BCUT2D eigenvalue weighted by molar-refractivity contribution is 0.0909. The van der Waals surface area contributed by atoms with Gasteiger partial charge in [-0.3, -0.25) is 4.79 Å². The van der Waals surface area contributed by atoms with Gasteiger partial charge in [0.2, 0.25) is 0 Å². The molecule has 0 bridgehead atoms. The molecule has 3 rings (SSSR count). The lowest BCUT2D eigenvalue weighted by Crippen LogP contribution is -2.45. The van der Waals surface area contributed by atoms with Crippen LogP contribution in [-0.2, 0) is 0 Å². The van der Waals surface area contributed by atoms with Crippen LogP contribution in [-0.4, -0.2) is 36.0 Å². The van der Waals surface area contributed by atoms with Gasteiger partial charge < -0.3 is 10.2 Å². The maximum absolute atomic E-state index is 12.2. The third-order valence-corrected chi connectivity index (χ3v) is 5.32. The first kappa shape index (κ1) is 14.4. The summed E-state index contributed by atoms with van der Waals surface area (Å²) >= 11 is 9.30. The van der Waals surface area contributed by atoms with Gasteiger partial charge in [0, 0.05) is 35.2 Å². The van der Waals surface area contributed by atoms with Crippen molar-refractivity contribution in [3.8, 4) is 0 Å². The molecular formula is C15H18BrClN2O. The van der Waals surface area contributed by atoms with Gasteiger partial charge >= 0.3 is 0 Å². The predicted octanol–water partition coefficient (Wildman–Crippen LogP) is 3.46. The number of benzene rings is 1. The van der Waals surface area contributed by atoms with Crippen molar-refractivity contribution in [3.05, 3.63) is 33.3 Å². The minimum Gasteiger partial charge on any atom is -0.349 e. The molecule has 1 saturated heterocycles. The zero-order valence-electron chi connectivity index (χ0n) is 11.2. The standard InChI is InChI=1S/C15H18BrClN2O/c16-13-9-10(1-4-14(13)17)15(20)18-11-5-7-19(8-6-11)12-2-3-12/h1,4,9,11-12H,2-3,5-8H2,(H,18,20). The van der Waals surface area contributed by atoms with E-state index in [1.807, 2.05) is 0 Å². The van der Waals surface area contributed by atoms with Crippen molar-refractivity contribution < 1.29 is 4.79 Å². The number of nitrogens with one attached hydrogen (secondary N) is 1. The summed E-state index contributed by atoms with van der Waals surface area (Å²) in [6.07, 6.45) is 4.82. The number of halogens is 2. The molecule has 1 N–H and O–H groups in total. The minimum absolute atomic E-state index is 0.00719. The molecule has 3 nitrogen and oxygen atoms in total. The SMILES string of the molecule is O=C(NC1CCN(C2CC2)CC1)c1ccc(Cl)c(Br)c1. The lowest BCUT2D eigenvalue weighted by Gasteiger charge is -2.32. The van der Waals surface area contributed by atoms with E-state index in [-0.39, 0.29) is 5.91 Å². The summed E-state index contributed by atoms with van der Waals surface area (Å²) in [6.45, 7) is 2.22. The molecule has 1 aromatic carbocycles. The predicted molar refractivity (Wildman–Crippen MR) is 84.2 cm³/mol. The van der Waals surface area contributed by atoms with E-state index in [1.165, 1.54) is 12.8 Å². The Kier molecular flexibility index (Phi) is 4.34. The van der Waals surface area contributed by atoms with Crippen molar-refractivity contribution in [2.24, 2.45) is 0 Å². The van der Waals surface area contributed by atoms with E-state index in [2.05, 4.69) is 26.1 Å².